The van der Waals surface area contributed by atoms with E-state index in [1.807, 2.05) is 20.9 Å². The third-order valence-electron chi connectivity index (χ3n) is 2.02. The van der Waals surface area contributed by atoms with E-state index in [9.17, 15) is 0 Å². The van der Waals surface area contributed by atoms with Crippen LogP contribution < -0.4 is 4.74 Å². The maximum atomic E-state index is 9.16. The Bertz CT molecular complexity index is 292. The minimum absolute atomic E-state index is 0.0233. The summed E-state index contributed by atoms with van der Waals surface area (Å²) in [5.41, 5.74) is 1.70. The van der Waals surface area contributed by atoms with Crippen LogP contribution in [0.4, 0.5) is 0 Å². The maximum Gasteiger partial charge on any atom is 0.217 e. The van der Waals surface area contributed by atoms with E-state index in [0.29, 0.717) is 11.8 Å². The van der Waals surface area contributed by atoms with Crippen LogP contribution in [0.3, 0.4) is 0 Å². The predicted molar refractivity (Wildman–Crippen MR) is 49.8 cm³/mol. The molecule has 4 nitrogen and oxygen atoms in total. The second-order valence-electron chi connectivity index (χ2n) is 3.31. The summed E-state index contributed by atoms with van der Waals surface area (Å²) in [5, 5.41) is 13.4. The largest absolute Gasteiger partial charge is 0.481 e. The number of aryl methyl sites for hydroxylation is 1. The lowest BCUT2D eigenvalue weighted by Gasteiger charge is -2.03. The Balaban J connectivity index is 3.21. The van der Waals surface area contributed by atoms with Crippen molar-refractivity contribution in [1.29, 1.82) is 0 Å². The molecule has 74 valence electrons. The molecule has 0 saturated carbocycles. The van der Waals surface area contributed by atoms with Gasteiger partial charge >= 0.3 is 0 Å². The average molecular weight is 184 g/mol. The highest BCUT2D eigenvalue weighted by molar-refractivity contribution is 5.32. The third kappa shape index (κ3) is 1.67. The van der Waals surface area contributed by atoms with Crippen LogP contribution in [-0.4, -0.2) is 22.0 Å². The molecular formula is C9H16N2O2. The SMILES string of the molecule is COc1c(CO)c(C(C)C)nn1C. The van der Waals surface area contributed by atoms with Crippen LogP contribution in [0.5, 0.6) is 5.88 Å². The zero-order chi connectivity index (χ0) is 10.0. The highest BCUT2D eigenvalue weighted by Crippen LogP contribution is 2.26. The van der Waals surface area contributed by atoms with Crippen molar-refractivity contribution in [3.05, 3.63) is 11.3 Å². The molecule has 1 aromatic rings. The van der Waals surface area contributed by atoms with Crippen LogP contribution in [0.15, 0.2) is 0 Å². The minimum Gasteiger partial charge on any atom is -0.481 e. The standard InChI is InChI=1S/C9H16N2O2/c1-6(2)8-7(5-12)9(13-4)11(3)10-8/h6,12H,5H2,1-4H3. The van der Waals surface area contributed by atoms with Crippen molar-refractivity contribution in [2.24, 2.45) is 7.05 Å². The first kappa shape index (κ1) is 10.1. The molecule has 4 heteroatoms. The summed E-state index contributed by atoms with van der Waals surface area (Å²) >= 11 is 0. The monoisotopic (exact) mass is 184 g/mol. The third-order valence-corrected chi connectivity index (χ3v) is 2.02. The second-order valence-corrected chi connectivity index (χ2v) is 3.31. The summed E-state index contributed by atoms with van der Waals surface area (Å²) in [7, 11) is 3.39. The summed E-state index contributed by atoms with van der Waals surface area (Å²) in [6.45, 7) is 4.06. The quantitative estimate of drug-likeness (QED) is 0.763. The summed E-state index contributed by atoms with van der Waals surface area (Å²) in [4.78, 5) is 0. The minimum atomic E-state index is -0.0233. The fraction of sp³-hybridized carbons (Fsp3) is 0.667. The van der Waals surface area contributed by atoms with Crippen molar-refractivity contribution in [2.45, 2.75) is 26.4 Å². The first-order valence-electron chi connectivity index (χ1n) is 4.32. The molecule has 1 N–H and O–H groups in total. The van der Waals surface area contributed by atoms with Gasteiger partial charge in [-0.05, 0) is 5.92 Å². The van der Waals surface area contributed by atoms with E-state index < -0.39 is 0 Å². The molecule has 0 fully saturated rings. The zero-order valence-electron chi connectivity index (χ0n) is 8.53. The molecule has 1 aromatic heterocycles. The van der Waals surface area contributed by atoms with Crippen LogP contribution in [0, 0.1) is 0 Å². The molecule has 0 aliphatic rings. The Morgan fingerprint density at radius 3 is 2.54 bits per heavy atom. The molecule has 0 atom stereocenters. The van der Waals surface area contributed by atoms with Gasteiger partial charge in [-0.2, -0.15) is 5.10 Å². The van der Waals surface area contributed by atoms with E-state index >= 15 is 0 Å². The van der Waals surface area contributed by atoms with Crippen LogP contribution >= 0.6 is 0 Å². The summed E-state index contributed by atoms with van der Waals surface area (Å²) < 4.78 is 6.79. The molecule has 0 radical (unpaired) electrons. The van der Waals surface area contributed by atoms with Crippen molar-refractivity contribution in [1.82, 2.24) is 9.78 Å². The number of methoxy groups -OCH3 is 1. The molecule has 0 aliphatic carbocycles. The van der Waals surface area contributed by atoms with E-state index in [0.717, 1.165) is 11.3 Å². The van der Waals surface area contributed by atoms with Gasteiger partial charge < -0.3 is 9.84 Å². The van der Waals surface area contributed by atoms with Crippen LogP contribution in [0.1, 0.15) is 31.0 Å². The molecule has 13 heavy (non-hydrogen) atoms. The van der Waals surface area contributed by atoms with Crippen molar-refractivity contribution in [3.63, 3.8) is 0 Å². The number of nitrogens with zero attached hydrogens (tertiary/aromatic N) is 2. The Morgan fingerprint density at radius 1 is 1.54 bits per heavy atom. The molecule has 0 unspecified atom stereocenters. The number of rotatable bonds is 3. The highest BCUT2D eigenvalue weighted by Gasteiger charge is 2.17. The molecule has 0 aromatic carbocycles. The van der Waals surface area contributed by atoms with Gasteiger partial charge in [-0.3, -0.25) is 0 Å². The Hall–Kier alpha value is -1.03. The molecule has 0 saturated heterocycles. The number of aliphatic hydroxyl groups excluding tert-OH is 1. The smallest absolute Gasteiger partial charge is 0.217 e. The molecule has 0 amide bonds. The zero-order valence-corrected chi connectivity index (χ0v) is 8.53. The number of aromatic nitrogens is 2. The number of hydrogen-bond acceptors (Lipinski definition) is 3. The van der Waals surface area contributed by atoms with E-state index in [1.165, 1.54) is 0 Å². The summed E-state index contributed by atoms with van der Waals surface area (Å²) in [5.74, 6) is 0.948. The lowest BCUT2D eigenvalue weighted by molar-refractivity contribution is 0.270. The van der Waals surface area contributed by atoms with Gasteiger partial charge in [0.15, 0.2) is 0 Å². The van der Waals surface area contributed by atoms with Gasteiger partial charge in [0, 0.05) is 7.05 Å². The van der Waals surface area contributed by atoms with Crippen molar-refractivity contribution >= 4 is 0 Å². The fourth-order valence-corrected chi connectivity index (χ4v) is 1.44. The number of ether oxygens (including phenoxy) is 1. The van der Waals surface area contributed by atoms with Crippen LogP contribution in [0.25, 0.3) is 0 Å². The van der Waals surface area contributed by atoms with Crippen molar-refractivity contribution in [2.75, 3.05) is 7.11 Å². The highest BCUT2D eigenvalue weighted by atomic mass is 16.5. The molecule has 1 rings (SSSR count). The fourth-order valence-electron chi connectivity index (χ4n) is 1.44. The van der Waals surface area contributed by atoms with Crippen molar-refractivity contribution in [3.8, 4) is 5.88 Å². The van der Waals surface area contributed by atoms with E-state index in [2.05, 4.69) is 5.10 Å². The van der Waals surface area contributed by atoms with E-state index in [-0.39, 0.29) is 6.61 Å². The van der Waals surface area contributed by atoms with Crippen LogP contribution in [0.2, 0.25) is 0 Å². The lowest BCUT2D eigenvalue weighted by Crippen LogP contribution is -1.96. The van der Waals surface area contributed by atoms with Gasteiger partial charge in [0.1, 0.15) is 0 Å². The summed E-state index contributed by atoms with van der Waals surface area (Å²) in [6, 6.07) is 0. The lowest BCUT2D eigenvalue weighted by atomic mass is 10.1. The van der Waals surface area contributed by atoms with Gasteiger partial charge in [-0.15, -0.1) is 0 Å². The average Bonchev–Trinajstić information content (AvgIpc) is 2.41. The van der Waals surface area contributed by atoms with E-state index in [4.69, 9.17) is 9.84 Å². The first-order chi connectivity index (χ1) is 6.11. The molecule has 0 spiro atoms. The molecular weight excluding hydrogens is 168 g/mol. The number of aliphatic hydroxyl groups is 1. The van der Waals surface area contributed by atoms with Crippen molar-refractivity contribution < 1.29 is 9.84 Å². The molecule has 0 bridgehead atoms. The predicted octanol–water partition coefficient (Wildman–Crippen LogP) is 1.04. The van der Waals surface area contributed by atoms with Gasteiger partial charge in [-0.25, -0.2) is 4.68 Å². The van der Waals surface area contributed by atoms with Gasteiger partial charge in [-0.1, -0.05) is 13.8 Å². The van der Waals surface area contributed by atoms with Crippen LogP contribution in [-0.2, 0) is 13.7 Å². The first-order valence-corrected chi connectivity index (χ1v) is 4.32. The topological polar surface area (TPSA) is 47.3 Å². The number of hydrogen-bond donors (Lipinski definition) is 1. The van der Waals surface area contributed by atoms with Gasteiger partial charge in [0.05, 0.1) is 25.0 Å². The Morgan fingerprint density at radius 2 is 2.15 bits per heavy atom. The Labute approximate surface area is 78.1 Å². The molecule has 1 heterocycles. The Kier molecular flexibility index (Phi) is 2.93. The second kappa shape index (κ2) is 3.79. The maximum absolute atomic E-state index is 9.16. The van der Waals surface area contributed by atoms with E-state index in [1.54, 1.807) is 11.8 Å². The van der Waals surface area contributed by atoms with Gasteiger partial charge in [0.2, 0.25) is 5.88 Å². The summed E-state index contributed by atoms with van der Waals surface area (Å²) in [6.07, 6.45) is 0. The molecule has 0 aliphatic heterocycles. The normalized spacial score (nSPS) is 10.9. The van der Waals surface area contributed by atoms with Gasteiger partial charge in [0.25, 0.3) is 0 Å².